The van der Waals surface area contributed by atoms with Gasteiger partial charge in [0.15, 0.2) is 0 Å². The molecule has 0 saturated heterocycles. The van der Waals surface area contributed by atoms with Crippen LogP contribution in [0.5, 0.6) is 0 Å². The maximum atomic E-state index is 6.24. The van der Waals surface area contributed by atoms with E-state index < -0.39 is 0 Å². The molecule has 0 amide bonds. The first-order chi connectivity index (χ1) is 11.3. The molecule has 2 aromatic heterocycles. The van der Waals surface area contributed by atoms with Crippen LogP contribution in [0.2, 0.25) is 5.02 Å². The van der Waals surface area contributed by atoms with E-state index in [0.29, 0.717) is 5.95 Å². The van der Waals surface area contributed by atoms with E-state index in [2.05, 4.69) is 15.3 Å². The van der Waals surface area contributed by atoms with Gasteiger partial charge in [0.25, 0.3) is 0 Å². The number of hydrogen-bond acceptors (Lipinski definition) is 3. The van der Waals surface area contributed by atoms with Gasteiger partial charge in [0, 0.05) is 28.5 Å². The first kappa shape index (κ1) is 13.8. The lowest BCUT2D eigenvalue weighted by Crippen LogP contribution is -2.01. The van der Waals surface area contributed by atoms with Crippen LogP contribution in [0, 0.1) is 0 Å². The first-order valence-corrected chi connectivity index (χ1v) is 7.60. The molecule has 0 atom stereocenters. The van der Waals surface area contributed by atoms with Crippen molar-refractivity contribution < 1.29 is 0 Å². The summed E-state index contributed by atoms with van der Waals surface area (Å²) in [5, 5.41) is 4.94. The van der Waals surface area contributed by atoms with Crippen LogP contribution in [-0.2, 0) is 0 Å². The lowest BCUT2D eigenvalue weighted by Gasteiger charge is -2.08. The van der Waals surface area contributed by atoms with E-state index in [0.717, 1.165) is 27.4 Å². The zero-order valence-corrected chi connectivity index (χ0v) is 12.9. The van der Waals surface area contributed by atoms with E-state index in [-0.39, 0.29) is 0 Å². The molecule has 4 rings (SSSR count). The monoisotopic (exact) mass is 320 g/mol. The van der Waals surface area contributed by atoms with Gasteiger partial charge in [-0.15, -0.1) is 0 Å². The van der Waals surface area contributed by atoms with Crippen molar-refractivity contribution in [3.63, 3.8) is 0 Å². The summed E-state index contributed by atoms with van der Waals surface area (Å²) < 4.78 is 2.00. The Morgan fingerprint density at radius 1 is 0.913 bits per heavy atom. The Labute approximate surface area is 138 Å². The van der Waals surface area contributed by atoms with E-state index in [1.807, 2.05) is 71.4 Å². The molecule has 0 aliphatic carbocycles. The summed E-state index contributed by atoms with van der Waals surface area (Å²) in [6, 6.07) is 19.6. The minimum atomic E-state index is 0.553. The molecule has 0 spiro atoms. The Bertz CT molecular complexity index is 963. The summed E-state index contributed by atoms with van der Waals surface area (Å²) in [6.45, 7) is 0. The average Bonchev–Trinajstić information content (AvgIpc) is 3.02. The normalized spacial score (nSPS) is 10.8. The Hall–Kier alpha value is -2.85. The van der Waals surface area contributed by atoms with Gasteiger partial charge in [-0.2, -0.15) is 4.98 Å². The molecule has 23 heavy (non-hydrogen) atoms. The second-order valence-electron chi connectivity index (χ2n) is 5.09. The third-order valence-electron chi connectivity index (χ3n) is 3.60. The average molecular weight is 321 g/mol. The molecule has 0 fully saturated rings. The van der Waals surface area contributed by atoms with Crippen molar-refractivity contribution >= 4 is 34.1 Å². The number of benzene rings is 2. The Morgan fingerprint density at radius 2 is 1.78 bits per heavy atom. The minimum Gasteiger partial charge on any atom is -0.324 e. The van der Waals surface area contributed by atoms with Crippen LogP contribution < -0.4 is 5.32 Å². The highest BCUT2D eigenvalue weighted by Gasteiger charge is 2.08. The van der Waals surface area contributed by atoms with Gasteiger partial charge in [0.1, 0.15) is 5.82 Å². The number of nitrogens with zero attached hydrogens (tertiary/aromatic N) is 3. The van der Waals surface area contributed by atoms with Crippen molar-refractivity contribution in [2.45, 2.75) is 0 Å². The molecule has 0 aliphatic heterocycles. The summed E-state index contributed by atoms with van der Waals surface area (Å²) in [4.78, 5) is 8.87. The topological polar surface area (TPSA) is 42.7 Å². The molecule has 4 aromatic rings. The number of halogens is 1. The molecule has 0 aliphatic rings. The highest BCUT2D eigenvalue weighted by molar-refractivity contribution is 6.35. The van der Waals surface area contributed by atoms with Crippen molar-refractivity contribution in [1.82, 2.24) is 14.5 Å². The standard InChI is InChI=1S/C18H13ClN4/c19-15-7-4-8-16-14(15)10-12-23(16)17-9-11-20-18(22-17)21-13-5-2-1-3-6-13/h1-12H,(H,20,21,22). The van der Waals surface area contributed by atoms with E-state index >= 15 is 0 Å². The molecule has 2 heterocycles. The zero-order valence-electron chi connectivity index (χ0n) is 12.1. The summed E-state index contributed by atoms with van der Waals surface area (Å²) in [5.74, 6) is 1.34. The summed E-state index contributed by atoms with van der Waals surface area (Å²) in [7, 11) is 0. The van der Waals surface area contributed by atoms with E-state index in [9.17, 15) is 0 Å². The predicted octanol–water partition coefficient (Wildman–Crippen LogP) is 4.82. The molecule has 5 heteroatoms. The molecule has 0 saturated carbocycles. The van der Waals surface area contributed by atoms with Gasteiger partial charge in [-0.3, -0.25) is 0 Å². The van der Waals surface area contributed by atoms with Crippen LogP contribution in [-0.4, -0.2) is 14.5 Å². The molecular formula is C18H13ClN4. The molecule has 2 aromatic carbocycles. The largest absolute Gasteiger partial charge is 0.324 e. The van der Waals surface area contributed by atoms with Gasteiger partial charge in [-0.25, -0.2) is 4.98 Å². The molecule has 112 valence electrons. The SMILES string of the molecule is Clc1cccc2c1ccn2-c1ccnc(Nc2ccccc2)n1. The molecule has 1 N–H and O–H groups in total. The number of para-hydroxylation sites is 1. The maximum absolute atomic E-state index is 6.24. The van der Waals surface area contributed by atoms with Crippen molar-refractivity contribution in [2.24, 2.45) is 0 Å². The van der Waals surface area contributed by atoms with Crippen molar-refractivity contribution in [3.05, 3.63) is 78.1 Å². The Balaban J connectivity index is 1.74. The van der Waals surface area contributed by atoms with Crippen LogP contribution >= 0.6 is 11.6 Å². The van der Waals surface area contributed by atoms with Crippen LogP contribution in [0.25, 0.3) is 16.7 Å². The fourth-order valence-electron chi connectivity index (χ4n) is 2.52. The molecule has 0 radical (unpaired) electrons. The lowest BCUT2D eigenvalue weighted by atomic mass is 10.2. The van der Waals surface area contributed by atoms with Crippen molar-refractivity contribution in [3.8, 4) is 5.82 Å². The lowest BCUT2D eigenvalue weighted by molar-refractivity contribution is 1.02. The number of anilines is 2. The van der Waals surface area contributed by atoms with Crippen LogP contribution in [0.15, 0.2) is 73.1 Å². The highest BCUT2D eigenvalue weighted by atomic mass is 35.5. The summed E-state index contributed by atoms with van der Waals surface area (Å²) in [5.41, 5.74) is 1.96. The Kier molecular flexibility index (Phi) is 3.44. The molecule has 0 bridgehead atoms. The second kappa shape index (κ2) is 5.74. The smallest absolute Gasteiger partial charge is 0.229 e. The van der Waals surface area contributed by atoms with Crippen LogP contribution in [0.4, 0.5) is 11.6 Å². The van der Waals surface area contributed by atoms with E-state index in [4.69, 9.17) is 11.6 Å². The third kappa shape index (κ3) is 2.64. The minimum absolute atomic E-state index is 0.553. The highest BCUT2D eigenvalue weighted by Crippen LogP contribution is 2.26. The van der Waals surface area contributed by atoms with Crippen LogP contribution in [0.3, 0.4) is 0 Å². The van der Waals surface area contributed by atoms with Gasteiger partial charge in [-0.1, -0.05) is 35.9 Å². The predicted molar refractivity (Wildman–Crippen MR) is 93.6 cm³/mol. The van der Waals surface area contributed by atoms with E-state index in [1.54, 1.807) is 6.20 Å². The summed E-state index contributed by atoms with van der Waals surface area (Å²) >= 11 is 6.24. The number of aromatic nitrogens is 3. The zero-order chi connectivity index (χ0) is 15.6. The second-order valence-corrected chi connectivity index (χ2v) is 5.50. The van der Waals surface area contributed by atoms with Crippen molar-refractivity contribution in [2.75, 3.05) is 5.32 Å². The molecule has 0 unspecified atom stereocenters. The number of nitrogens with one attached hydrogen (secondary N) is 1. The van der Waals surface area contributed by atoms with Gasteiger partial charge in [0.2, 0.25) is 5.95 Å². The Morgan fingerprint density at radius 3 is 2.65 bits per heavy atom. The van der Waals surface area contributed by atoms with Crippen molar-refractivity contribution in [1.29, 1.82) is 0 Å². The van der Waals surface area contributed by atoms with Crippen LogP contribution in [0.1, 0.15) is 0 Å². The van der Waals surface area contributed by atoms with Gasteiger partial charge in [-0.05, 0) is 36.4 Å². The van der Waals surface area contributed by atoms with Gasteiger partial charge < -0.3 is 9.88 Å². The fourth-order valence-corrected chi connectivity index (χ4v) is 2.76. The molecule has 4 nitrogen and oxygen atoms in total. The number of hydrogen-bond donors (Lipinski definition) is 1. The fraction of sp³-hybridized carbons (Fsp3) is 0. The number of fused-ring (bicyclic) bond motifs is 1. The summed E-state index contributed by atoms with van der Waals surface area (Å²) in [6.07, 6.45) is 3.70. The third-order valence-corrected chi connectivity index (χ3v) is 3.93. The maximum Gasteiger partial charge on any atom is 0.229 e. The van der Waals surface area contributed by atoms with Gasteiger partial charge in [0.05, 0.1) is 5.52 Å². The van der Waals surface area contributed by atoms with E-state index in [1.165, 1.54) is 0 Å². The molecular weight excluding hydrogens is 308 g/mol. The first-order valence-electron chi connectivity index (χ1n) is 7.22. The quantitative estimate of drug-likeness (QED) is 0.588. The number of rotatable bonds is 3. The van der Waals surface area contributed by atoms with Gasteiger partial charge >= 0.3 is 0 Å².